The predicted octanol–water partition coefficient (Wildman–Crippen LogP) is 4.87. The lowest BCUT2D eigenvalue weighted by Gasteiger charge is -2.14. The minimum atomic E-state index is 0.517. The van der Waals surface area contributed by atoms with Crippen LogP contribution in [0.1, 0.15) is 33.6 Å². The molecule has 0 aliphatic carbocycles. The summed E-state index contributed by atoms with van der Waals surface area (Å²) in [5, 5.41) is 0. The molecule has 0 spiro atoms. The molecule has 0 unspecified atom stereocenters. The van der Waals surface area contributed by atoms with Gasteiger partial charge in [-0.05, 0) is 62.5 Å². The van der Waals surface area contributed by atoms with Crippen LogP contribution < -0.4 is 0 Å². The van der Waals surface area contributed by atoms with Gasteiger partial charge in [0.15, 0.2) is 0 Å². The average Bonchev–Trinajstić information content (AvgIpc) is 2.52. The van der Waals surface area contributed by atoms with Crippen LogP contribution in [0.5, 0.6) is 0 Å². The van der Waals surface area contributed by atoms with Gasteiger partial charge in [0.1, 0.15) is 0 Å². The van der Waals surface area contributed by atoms with Crippen LogP contribution in [0.2, 0.25) is 0 Å². The number of nitrogens with zero attached hydrogens (tertiary/aromatic N) is 2. The summed E-state index contributed by atoms with van der Waals surface area (Å²) in [6.07, 6.45) is 8.06. The first-order valence-corrected chi connectivity index (χ1v) is 10.00. The Balaban J connectivity index is 2.09. The van der Waals surface area contributed by atoms with Gasteiger partial charge < -0.3 is 4.74 Å². The number of thioether (sulfide) groups is 2. The quantitative estimate of drug-likeness (QED) is 0.696. The molecule has 2 aromatic heterocycles. The highest BCUT2D eigenvalue weighted by molar-refractivity contribution is 7.99. The van der Waals surface area contributed by atoms with E-state index in [0.717, 1.165) is 11.4 Å². The zero-order valence-electron chi connectivity index (χ0n) is 14.7. The Labute approximate surface area is 147 Å². The van der Waals surface area contributed by atoms with Crippen molar-refractivity contribution in [1.29, 1.82) is 0 Å². The predicted molar refractivity (Wildman–Crippen MR) is 99.5 cm³/mol. The zero-order valence-corrected chi connectivity index (χ0v) is 16.3. The fraction of sp³-hybridized carbons (Fsp3) is 0.444. The fourth-order valence-corrected chi connectivity index (χ4v) is 4.27. The molecule has 0 atom stereocenters. The van der Waals surface area contributed by atoms with Crippen LogP contribution in [0, 0.1) is 27.7 Å². The molecule has 0 radical (unpaired) electrons. The maximum atomic E-state index is 5.90. The second kappa shape index (κ2) is 8.18. The molecular weight excluding hydrogens is 324 g/mol. The van der Waals surface area contributed by atoms with Gasteiger partial charge in [0.2, 0.25) is 0 Å². The molecule has 0 bridgehead atoms. The second-order valence-corrected chi connectivity index (χ2v) is 7.22. The van der Waals surface area contributed by atoms with E-state index < -0.39 is 0 Å². The van der Waals surface area contributed by atoms with Gasteiger partial charge in [-0.3, -0.25) is 9.97 Å². The molecule has 0 aliphatic rings. The van der Waals surface area contributed by atoms with E-state index in [-0.39, 0.29) is 0 Å². The van der Waals surface area contributed by atoms with Gasteiger partial charge in [0.25, 0.3) is 0 Å². The molecule has 5 heteroatoms. The Bertz CT molecular complexity index is 642. The molecular formula is C18H24N2OS2. The molecule has 2 aromatic rings. The van der Waals surface area contributed by atoms with Crippen LogP contribution in [0.3, 0.4) is 0 Å². The van der Waals surface area contributed by atoms with Crippen LogP contribution in [-0.4, -0.2) is 22.5 Å². The molecule has 0 saturated carbocycles. The van der Waals surface area contributed by atoms with Crippen LogP contribution in [0.4, 0.5) is 0 Å². The van der Waals surface area contributed by atoms with Crippen LogP contribution in [0.25, 0.3) is 0 Å². The average molecular weight is 349 g/mol. The lowest BCUT2D eigenvalue weighted by atomic mass is 10.1. The lowest BCUT2D eigenvalue weighted by Crippen LogP contribution is -2.04. The Morgan fingerprint density at radius 3 is 1.52 bits per heavy atom. The minimum Gasteiger partial charge on any atom is -0.369 e. The topological polar surface area (TPSA) is 35.0 Å². The number of pyridine rings is 2. The second-order valence-electron chi connectivity index (χ2n) is 5.59. The molecule has 3 nitrogen and oxygen atoms in total. The van der Waals surface area contributed by atoms with E-state index in [1.54, 1.807) is 23.5 Å². The van der Waals surface area contributed by atoms with Crippen molar-refractivity contribution >= 4 is 23.5 Å². The number of hydrogen-bond donors (Lipinski definition) is 0. The van der Waals surface area contributed by atoms with Crippen molar-refractivity contribution in [2.45, 2.75) is 50.7 Å². The molecule has 0 amide bonds. The standard InChI is InChI=1S/C18H24N2OS2/c1-11-7-19-15(13(3)17(11)22-5)9-21-10-16-14(4)18(23-6)12(2)8-20-16/h7-8H,9-10H2,1-6H3. The van der Waals surface area contributed by atoms with Crippen molar-refractivity contribution in [1.82, 2.24) is 9.97 Å². The normalized spacial score (nSPS) is 11.0. The van der Waals surface area contributed by atoms with Crippen molar-refractivity contribution in [3.63, 3.8) is 0 Å². The van der Waals surface area contributed by atoms with Gasteiger partial charge in [-0.2, -0.15) is 0 Å². The summed E-state index contributed by atoms with van der Waals surface area (Å²) in [7, 11) is 0. The molecule has 2 rings (SSSR count). The fourth-order valence-electron chi connectivity index (χ4n) is 2.68. The van der Waals surface area contributed by atoms with Crippen molar-refractivity contribution < 1.29 is 4.74 Å². The molecule has 0 aliphatic heterocycles. The number of hydrogen-bond acceptors (Lipinski definition) is 5. The highest BCUT2D eigenvalue weighted by Gasteiger charge is 2.11. The van der Waals surface area contributed by atoms with Crippen LogP contribution in [0.15, 0.2) is 22.2 Å². The highest BCUT2D eigenvalue weighted by Crippen LogP contribution is 2.27. The minimum absolute atomic E-state index is 0.517. The molecule has 0 N–H and O–H groups in total. The third-order valence-corrected chi connectivity index (χ3v) is 6.05. The number of aryl methyl sites for hydroxylation is 2. The first kappa shape index (κ1) is 18.3. The van der Waals surface area contributed by atoms with E-state index in [4.69, 9.17) is 4.74 Å². The SMILES string of the molecule is CSc1c(C)cnc(COCc2ncc(C)c(SC)c2C)c1C. The smallest absolute Gasteiger partial charge is 0.0896 e. The van der Waals surface area contributed by atoms with E-state index in [1.165, 1.54) is 32.0 Å². The molecule has 0 aromatic carbocycles. The number of ether oxygens (including phenoxy) is 1. The monoisotopic (exact) mass is 348 g/mol. The maximum absolute atomic E-state index is 5.90. The Hall–Kier alpha value is -1.04. The van der Waals surface area contributed by atoms with Gasteiger partial charge in [-0.1, -0.05) is 0 Å². The Morgan fingerprint density at radius 2 is 1.17 bits per heavy atom. The Kier molecular flexibility index (Phi) is 6.50. The third kappa shape index (κ3) is 4.08. The van der Waals surface area contributed by atoms with E-state index in [0.29, 0.717) is 13.2 Å². The van der Waals surface area contributed by atoms with E-state index >= 15 is 0 Å². The molecule has 124 valence electrons. The molecule has 23 heavy (non-hydrogen) atoms. The zero-order chi connectivity index (χ0) is 17.0. The summed E-state index contributed by atoms with van der Waals surface area (Å²) in [5.41, 5.74) is 6.90. The third-order valence-electron chi connectivity index (χ3n) is 3.98. The van der Waals surface area contributed by atoms with Crippen molar-refractivity contribution in [2.75, 3.05) is 12.5 Å². The maximum Gasteiger partial charge on any atom is 0.0896 e. The van der Waals surface area contributed by atoms with Gasteiger partial charge in [-0.15, -0.1) is 23.5 Å². The Morgan fingerprint density at radius 1 is 0.783 bits per heavy atom. The molecule has 0 saturated heterocycles. The van der Waals surface area contributed by atoms with Crippen LogP contribution >= 0.6 is 23.5 Å². The summed E-state index contributed by atoms with van der Waals surface area (Å²) < 4.78 is 5.90. The number of rotatable bonds is 6. The van der Waals surface area contributed by atoms with Gasteiger partial charge >= 0.3 is 0 Å². The molecule has 0 fully saturated rings. The van der Waals surface area contributed by atoms with Gasteiger partial charge in [-0.25, -0.2) is 0 Å². The summed E-state index contributed by atoms with van der Waals surface area (Å²) in [6, 6.07) is 0. The van der Waals surface area contributed by atoms with Gasteiger partial charge in [0.05, 0.1) is 24.6 Å². The van der Waals surface area contributed by atoms with E-state index in [9.17, 15) is 0 Å². The van der Waals surface area contributed by atoms with Crippen LogP contribution in [-0.2, 0) is 18.0 Å². The van der Waals surface area contributed by atoms with Gasteiger partial charge in [0, 0.05) is 22.2 Å². The van der Waals surface area contributed by atoms with E-state index in [2.05, 4.69) is 50.2 Å². The summed E-state index contributed by atoms with van der Waals surface area (Å²) in [6.45, 7) is 9.46. The summed E-state index contributed by atoms with van der Waals surface area (Å²) in [4.78, 5) is 11.6. The molecule has 2 heterocycles. The lowest BCUT2D eigenvalue weighted by molar-refractivity contribution is 0.101. The number of aromatic nitrogens is 2. The van der Waals surface area contributed by atoms with Crippen molar-refractivity contribution in [3.8, 4) is 0 Å². The van der Waals surface area contributed by atoms with Crippen molar-refractivity contribution in [3.05, 3.63) is 46.0 Å². The first-order chi connectivity index (χ1) is 11.0. The summed E-state index contributed by atoms with van der Waals surface area (Å²) in [5.74, 6) is 0. The highest BCUT2D eigenvalue weighted by atomic mass is 32.2. The van der Waals surface area contributed by atoms with E-state index in [1.807, 2.05) is 12.4 Å². The largest absolute Gasteiger partial charge is 0.369 e. The first-order valence-electron chi connectivity index (χ1n) is 7.55. The summed E-state index contributed by atoms with van der Waals surface area (Å²) >= 11 is 3.53. The van der Waals surface area contributed by atoms with Crippen molar-refractivity contribution in [2.24, 2.45) is 0 Å².